The fourth-order valence-electron chi connectivity index (χ4n) is 8.74. The minimum absolute atomic E-state index is 0.104. The van der Waals surface area contributed by atoms with Gasteiger partial charge in [0.15, 0.2) is 5.78 Å². The van der Waals surface area contributed by atoms with E-state index in [9.17, 15) is 9.90 Å². The van der Waals surface area contributed by atoms with E-state index in [1.165, 1.54) is 25.7 Å². The molecule has 5 heteroatoms. The van der Waals surface area contributed by atoms with E-state index in [0.29, 0.717) is 28.6 Å². The average Bonchev–Trinajstić information content (AvgIpc) is 3.31. The molecule has 1 aromatic rings. The fraction of sp³-hybridized carbons (Fsp3) is 0.808. The Hall–Kier alpha value is -1.67. The Morgan fingerprint density at radius 2 is 1.90 bits per heavy atom. The monoisotopic (exact) mass is 423 g/mol. The molecule has 0 aliphatic heterocycles. The molecule has 4 saturated carbocycles. The fourth-order valence-corrected chi connectivity index (χ4v) is 8.74. The molecule has 1 heterocycles. The third-order valence-corrected chi connectivity index (χ3v) is 10.4. The number of nitrogens with zero attached hydrogens (tertiary/aromatic N) is 3. The number of fused-ring (bicyclic) bond motifs is 5. The molecule has 4 aliphatic rings. The molecular formula is C26H37N3O2. The van der Waals surface area contributed by atoms with Gasteiger partial charge in [0, 0.05) is 12.1 Å². The smallest absolute Gasteiger partial charge is 0.157 e. The number of aliphatic hydroxyl groups is 1. The van der Waals surface area contributed by atoms with E-state index in [0.717, 1.165) is 43.9 Å². The zero-order valence-corrected chi connectivity index (χ0v) is 19.3. The van der Waals surface area contributed by atoms with E-state index in [2.05, 4.69) is 25.0 Å². The number of ketones is 1. The van der Waals surface area contributed by atoms with Gasteiger partial charge in [-0.15, -0.1) is 0 Å². The maximum atomic E-state index is 13.3. The first-order chi connectivity index (χ1) is 14.7. The van der Waals surface area contributed by atoms with Crippen LogP contribution >= 0.6 is 0 Å². The van der Waals surface area contributed by atoms with Gasteiger partial charge in [0.1, 0.15) is 6.07 Å². The van der Waals surface area contributed by atoms with Crippen molar-refractivity contribution in [1.29, 1.82) is 5.26 Å². The first-order valence-electron chi connectivity index (χ1n) is 12.3. The standard InChI is InChI=1S/C26H37N3O2/c1-24(31)10-11-25(2)18(12-24)4-5-19-20-6-7-22(26(20,3)9-8-21(19)25)23(30)16-29-15-17(13-27)14-28-29/h14-15,18-22,31H,4-12,16H2,1-3H3/t18-,19+,20+,21-,22-,24-,25-,26+/m1/s1. The van der Waals surface area contributed by atoms with Gasteiger partial charge in [0.25, 0.3) is 0 Å². The van der Waals surface area contributed by atoms with Crippen molar-refractivity contribution in [3.05, 3.63) is 18.0 Å². The zero-order chi connectivity index (χ0) is 22.0. The molecular weight excluding hydrogens is 386 g/mol. The Labute approximate surface area is 186 Å². The SMILES string of the molecule is C[C@@]1(O)CC[C@]2(C)[C@H](CC[C@@H]3[C@H]2CC[C@]2(C)[C@@H](C(=O)Cn4cc(C#N)cn4)CC[C@@H]32)C1. The summed E-state index contributed by atoms with van der Waals surface area (Å²) in [5.74, 6) is 3.19. The lowest BCUT2D eigenvalue weighted by Crippen LogP contribution is -2.55. The second kappa shape index (κ2) is 7.17. The molecule has 168 valence electrons. The Kier molecular flexibility index (Phi) is 4.90. The zero-order valence-electron chi connectivity index (χ0n) is 19.3. The predicted octanol–water partition coefficient (Wildman–Crippen LogP) is 4.73. The summed E-state index contributed by atoms with van der Waals surface area (Å²) in [6.07, 6.45) is 13.3. The van der Waals surface area contributed by atoms with Gasteiger partial charge in [-0.2, -0.15) is 10.4 Å². The van der Waals surface area contributed by atoms with Gasteiger partial charge >= 0.3 is 0 Å². The van der Waals surface area contributed by atoms with Crippen LogP contribution in [0.2, 0.25) is 0 Å². The topological polar surface area (TPSA) is 78.9 Å². The van der Waals surface area contributed by atoms with Gasteiger partial charge in [-0.1, -0.05) is 13.8 Å². The molecule has 0 radical (unpaired) electrons. The molecule has 8 atom stereocenters. The first kappa shape index (κ1) is 21.2. The van der Waals surface area contributed by atoms with Gasteiger partial charge < -0.3 is 5.11 Å². The molecule has 1 N–H and O–H groups in total. The third-order valence-electron chi connectivity index (χ3n) is 10.4. The lowest BCUT2D eigenvalue weighted by molar-refractivity contribution is -0.151. The number of Topliss-reactive ketones (excluding diaryl/α,β-unsaturated/α-hetero) is 1. The van der Waals surface area contributed by atoms with Gasteiger partial charge in [-0.3, -0.25) is 9.48 Å². The van der Waals surface area contributed by atoms with E-state index >= 15 is 0 Å². The van der Waals surface area contributed by atoms with Crippen molar-refractivity contribution in [2.24, 2.45) is 40.4 Å². The van der Waals surface area contributed by atoms with Crippen LogP contribution in [0.15, 0.2) is 12.4 Å². The second-order valence-electron chi connectivity index (χ2n) is 12.0. The molecule has 4 aliphatic carbocycles. The normalized spacial score (nSPS) is 46.5. The number of rotatable bonds is 3. The summed E-state index contributed by atoms with van der Waals surface area (Å²) in [7, 11) is 0. The Bertz CT molecular complexity index is 914. The number of carbonyl (C=O) groups excluding carboxylic acids is 1. The average molecular weight is 424 g/mol. The van der Waals surface area contributed by atoms with E-state index in [1.807, 2.05) is 6.92 Å². The number of hydrogen-bond donors (Lipinski definition) is 1. The van der Waals surface area contributed by atoms with Gasteiger partial charge in [-0.25, -0.2) is 0 Å². The van der Waals surface area contributed by atoms with Crippen LogP contribution < -0.4 is 0 Å². The van der Waals surface area contributed by atoms with Crippen LogP contribution in [0.4, 0.5) is 0 Å². The van der Waals surface area contributed by atoms with Crippen LogP contribution in [0.5, 0.6) is 0 Å². The molecule has 5 rings (SSSR count). The molecule has 4 fully saturated rings. The van der Waals surface area contributed by atoms with Crippen LogP contribution in [-0.2, 0) is 11.3 Å². The molecule has 0 saturated heterocycles. The third kappa shape index (κ3) is 3.28. The molecule has 0 aromatic carbocycles. The molecule has 0 amide bonds. The Balaban J connectivity index is 1.34. The maximum Gasteiger partial charge on any atom is 0.157 e. The summed E-state index contributed by atoms with van der Waals surface area (Å²) < 4.78 is 1.64. The quantitative estimate of drug-likeness (QED) is 0.762. The molecule has 1 aromatic heterocycles. The number of hydrogen-bond acceptors (Lipinski definition) is 4. The lowest BCUT2D eigenvalue weighted by atomic mass is 9.44. The van der Waals surface area contributed by atoms with Crippen molar-refractivity contribution in [2.75, 3.05) is 0 Å². The Morgan fingerprint density at radius 1 is 1.13 bits per heavy atom. The van der Waals surface area contributed by atoms with Crippen molar-refractivity contribution in [3.63, 3.8) is 0 Å². The summed E-state index contributed by atoms with van der Waals surface area (Å²) in [4.78, 5) is 13.3. The minimum atomic E-state index is -0.483. The van der Waals surface area contributed by atoms with E-state index in [1.54, 1.807) is 17.1 Å². The van der Waals surface area contributed by atoms with E-state index in [-0.39, 0.29) is 17.9 Å². The number of nitriles is 1. The molecule has 31 heavy (non-hydrogen) atoms. The predicted molar refractivity (Wildman–Crippen MR) is 118 cm³/mol. The van der Waals surface area contributed by atoms with Crippen molar-refractivity contribution in [2.45, 2.75) is 90.7 Å². The van der Waals surface area contributed by atoms with Crippen LogP contribution in [-0.4, -0.2) is 26.3 Å². The highest BCUT2D eigenvalue weighted by molar-refractivity contribution is 5.82. The van der Waals surface area contributed by atoms with Crippen LogP contribution in [0.25, 0.3) is 0 Å². The highest BCUT2D eigenvalue weighted by Crippen LogP contribution is 2.68. The molecule has 0 unspecified atom stereocenters. The molecule has 5 nitrogen and oxygen atoms in total. The Morgan fingerprint density at radius 3 is 2.65 bits per heavy atom. The molecule has 0 bridgehead atoms. The van der Waals surface area contributed by atoms with Gasteiger partial charge in [0.05, 0.1) is 23.9 Å². The van der Waals surface area contributed by atoms with Crippen LogP contribution in [0, 0.1) is 51.8 Å². The van der Waals surface area contributed by atoms with E-state index < -0.39 is 5.60 Å². The first-order valence-corrected chi connectivity index (χ1v) is 12.3. The van der Waals surface area contributed by atoms with Gasteiger partial charge in [0.2, 0.25) is 0 Å². The van der Waals surface area contributed by atoms with Crippen LogP contribution in [0.1, 0.15) is 84.1 Å². The van der Waals surface area contributed by atoms with Crippen LogP contribution in [0.3, 0.4) is 0 Å². The van der Waals surface area contributed by atoms with Crippen molar-refractivity contribution in [1.82, 2.24) is 9.78 Å². The molecule has 0 spiro atoms. The van der Waals surface area contributed by atoms with E-state index in [4.69, 9.17) is 5.26 Å². The van der Waals surface area contributed by atoms with Crippen molar-refractivity contribution >= 4 is 5.78 Å². The lowest BCUT2D eigenvalue weighted by Gasteiger charge is -2.61. The number of carbonyl (C=O) groups is 1. The number of aromatic nitrogens is 2. The largest absolute Gasteiger partial charge is 0.390 e. The highest BCUT2D eigenvalue weighted by atomic mass is 16.3. The van der Waals surface area contributed by atoms with Gasteiger partial charge in [-0.05, 0) is 99.2 Å². The van der Waals surface area contributed by atoms with Crippen molar-refractivity contribution < 1.29 is 9.90 Å². The summed E-state index contributed by atoms with van der Waals surface area (Å²) in [6.45, 7) is 7.24. The summed E-state index contributed by atoms with van der Waals surface area (Å²) in [5, 5.41) is 23.9. The summed E-state index contributed by atoms with van der Waals surface area (Å²) >= 11 is 0. The maximum absolute atomic E-state index is 13.3. The minimum Gasteiger partial charge on any atom is -0.390 e. The highest BCUT2D eigenvalue weighted by Gasteiger charge is 2.61. The second-order valence-corrected chi connectivity index (χ2v) is 12.0. The van der Waals surface area contributed by atoms with Crippen molar-refractivity contribution in [3.8, 4) is 6.07 Å². The summed E-state index contributed by atoms with van der Waals surface area (Å²) in [5.41, 5.74) is 0.493. The summed E-state index contributed by atoms with van der Waals surface area (Å²) in [6, 6.07) is 2.10.